The molecule has 0 aliphatic carbocycles. The SMILES string of the molecule is c1cc(CN2CCCC2)[te]c1CN1CCCC1. The van der Waals surface area contributed by atoms with Gasteiger partial charge in [-0.3, -0.25) is 0 Å². The monoisotopic (exact) mass is 348 g/mol. The average Bonchev–Trinajstić information content (AvgIpc) is 3.02. The molecule has 0 saturated carbocycles. The first-order valence-electron chi connectivity index (χ1n) is 6.92. The first-order valence-corrected chi connectivity index (χ1v) is 9.25. The van der Waals surface area contributed by atoms with E-state index in [0.717, 1.165) is 0 Å². The van der Waals surface area contributed by atoms with Crippen molar-refractivity contribution in [1.82, 2.24) is 9.80 Å². The van der Waals surface area contributed by atoms with Gasteiger partial charge in [-0.15, -0.1) is 0 Å². The summed E-state index contributed by atoms with van der Waals surface area (Å²) in [5.74, 6) is 0. The second kappa shape index (κ2) is 5.89. The van der Waals surface area contributed by atoms with Gasteiger partial charge in [-0.05, 0) is 0 Å². The maximum atomic E-state index is 2.64. The van der Waals surface area contributed by atoms with E-state index in [1.165, 1.54) is 65.0 Å². The van der Waals surface area contributed by atoms with Crippen LogP contribution in [0.2, 0.25) is 0 Å². The van der Waals surface area contributed by atoms with Crippen molar-refractivity contribution in [3.8, 4) is 0 Å². The Labute approximate surface area is 114 Å². The Bertz CT molecular complexity index is 316. The molecular formula is C14H22N2Te. The molecule has 0 amide bonds. The van der Waals surface area contributed by atoms with Crippen LogP contribution in [0.1, 0.15) is 32.8 Å². The van der Waals surface area contributed by atoms with Crippen LogP contribution in [0.15, 0.2) is 12.1 Å². The van der Waals surface area contributed by atoms with Crippen molar-refractivity contribution < 1.29 is 0 Å². The number of rotatable bonds is 4. The molecule has 94 valence electrons. The molecule has 3 heteroatoms. The molecule has 1 aromatic heterocycles. The zero-order chi connectivity index (χ0) is 11.5. The minimum atomic E-state index is 0.0260. The quantitative estimate of drug-likeness (QED) is 0.769. The van der Waals surface area contributed by atoms with Crippen molar-refractivity contribution in [3.05, 3.63) is 19.3 Å². The normalized spacial score (nSPS) is 22.6. The molecule has 2 saturated heterocycles. The van der Waals surface area contributed by atoms with E-state index in [-0.39, 0.29) is 20.4 Å². The van der Waals surface area contributed by atoms with Gasteiger partial charge in [-0.1, -0.05) is 0 Å². The van der Waals surface area contributed by atoms with Crippen LogP contribution in [0.5, 0.6) is 0 Å². The zero-order valence-electron chi connectivity index (χ0n) is 10.5. The Morgan fingerprint density at radius 1 is 0.765 bits per heavy atom. The fourth-order valence-corrected chi connectivity index (χ4v) is 6.06. The Hall–Kier alpha value is 0.190. The summed E-state index contributed by atoms with van der Waals surface area (Å²) in [4.78, 5) is 5.28. The molecule has 0 unspecified atom stereocenters. The summed E-state index contributed by atoms with van der Waals surface area (Å²) in [5, 5.41) is 0. The predicted molar refractivity (Wildman–Crippen MR) is 72.4 cm³/mol. The van der Waals surface area contributed by atoms with Crippen molar-refractivity contribution in [2.24, 2.45) is 0 Å². The van der Waals surface area contributed by atoms with Crippen LogP contribution in [-0.2, 0) is 13.1 Å². The third-order valence-corrected chi connectivity index (χ3v) is 6.88. The van der Waals surface area contributed by atoms with Crippen LogP contribution >= 0.6 is 0 Å². The van der Waals surface area contributed by atoms with Gasteiger partial charge in [-0.2, -0.15) is 0 Å². The molecule has 0 radical (unpaired) electrons. The van der Waals surface area contributed by atoms with Gasteiger partial charge in [0, 0.05) is 0 Å². The molecule has 3 heterocycles. The van der Waals surface area contributed by atoms with E-state index in [2.05, 4.69) is 21.9 Å². The van der Waals surface area contributed by atoms with Gasteiger partial charge in [0.1, 0.15) is 0 Å². The summed E-state index contributed by atoms with van der Waals surface area (Å²) in [6.07, 6.45) is 5.67. The molecule has 0 aromatic carbocycles. The second-order valence-corrected chi connectivity index (χ2v) is 8.91. The molecule has 2 aliphatic rings. The van der Waals surface area contributed by atoms with E-state index >= 15 is 0 Å². The van der Waals surface area contributed by atoms with E-state index in [0.29, 0.717) is 0 Å². The molecule has 3 rings (SSSR count). The van der Waals surface area contributed by atoms with Gasteiger partial charge in [-0.25, -0.2) is 0 Å². The second-order valence-electron chi connectivity index (χ2n) is 5.33. The van der Waals surface area contributed by atoms with Crippen LogP contribution < -0.4 is 0 Å². The first-order chi connectivity index (χ1) is 8.40. The standard InChI is InChI=1S/C14H22N2Te/c1-2-8-15(7-1)11-13-5-6-14(17-13)12-16-9-3-4-10-16/h5-6H,1-4,7-12H2. The number of likely N-dealkylation sites (tertiary alicyclic amines) is 2. The van der Waals surface area contributed by atoms with Gasteiger partial charge in [0.05, 0.1) is 0 Å². The van der Waals surface area contributed by atoms with E-state index in [4.69, 9.17) is 0 Å². The molecule has 0 atom stereocenters. The number of nitrogens with zero attached hydrogens (tertiary/aromatic N) is 2. The summed E-state index contributed by atoms with van der Waals surface area (Å²) in [5.41, 5.74) is 0. The zero-order valence-corrected chi connectivity index (χ0v) is 12.9. The molecule has 2 fully saturated rings. The molecule has 0 bridgehead atoms. The minimum absolute atomic E-state index is 0.0260. The molecule has 0 spiro atoms. The van der Waals surface area contributed by atoms with Crippen LogP contribution in [0.4, 0.5) is 0 Å². The molecule has 17 heavy (non-hydrogen) atoms. The van der Waals surface area contributed by atoms with Crippen molar-refractivity contribution in [1.29, 1.82) is 0 Å². The van der Waals surface area contributed by atoms with Gasteiger partial charge in [0.15, 0.2) is 0 Å². The molecule has 2 nitrogen and oxygen atoms in total. The summed E-state index contributed by atoms with van der Waals surface area (Å²) in [7, 11) is 0. The van der Waals surface area contributed by atoms with E-state index in [9.17, 15) is 0 Å². The van der Waals surface area contributed by atoms with Crippen molar-refractivity contribution in [3.63, 3.8) is 0 Å². The number of hydrogen-bond donors (Lipinski definition) is 0. The van der Waals surface area contributed by atoms with Crippen molar-refractivity contribution in [2.45, 2.75) is 38.8 Å². The topological polar surface area (TPSA) is 6.48 Å². The van der Waals surface area contributed by atoms with Crippen LogP contribution in [0.3, 0.4) is 0 Å². The van der Waals surface area contributed by atoms with Crippen molar-refractivity contribution >= 4 is 20.4 Å². The average molecular weight is 346 g/mol. The third kappa shape index (κ3) is 3.35. The summed E-state index contributed by atoms with van der Waals surface area (Å²) >= 11 is 0.0260. The Morgan fingerprint density at radius 2 is 1.18 bits per heavy atom. The molecule has 0 N–H and O–H groups in total. The summed E-state index contributed by atoms with van der Waals surface area (Å²) < 4.78 is 3.54. The Morgan fingerprint density at radius 3 is 1.59 bits per heavy atom. The molecular weight excluding hydrogens is 324 g/mol. The number of hydrogen-bond acceptors (Lipinski definition) is 2. The van der Waals surface area contributed by atoms with Crippen LogP contribution in [0, 0.1) is 0 Å². The fourth-order valence-electron chi connectivity index (χ4n) is 2.91. The van der Waals surface area contributed by atoms with Crippen LogP contribution in [-0.4, -0.2) is 56.4 Å². The summed E-state index contributed by atoms with van der Waals surface area (Å²) in [6.45, 7) is 7.92. The molecule has 2 aliphatic heterocycles. The fraction of sp³-hybridized carbons (Fsp3) is 0.714. The van der Waals surface area contributed by atoms with E-state index in [1.807, 2.05) is 0 Å². The van der Waals surface area contributed by atoms with Gasteiger partial charge >= 0.3 is 114 Å². The Balaban J connectivity index is 1.54. The first kappa shape index (κ1) is 12.2. The van der Waals surface area contributed by atoms with Crippen LogP contribution in [0.25, 0.3) is 0 Å². The van der Waals surface area contributed by atoms with Crippen molar-refractivity contribution in [2.75, 3.05) is 26.2 Å². The van der Waals surface area contributed by atoms with E-state index in [1.54, 1.807) is 7.16 Å². The van der Waals surface area contributed by atoms with E-state index < -0.39 is 0 Å². The maximum absolute atomic E-state index is 2.64. The Kier molecular flexibility index (Phi) is 4.24. The predicted octanol–water partition coefficient (Wildman–Crippen LogP) is 1.94. The molecule has 1 aromatic rings. The van der Waals surface area contributed by atoms with Gasteiger partial charge < -0.3 is 0 Å². The van der Waals surface area contributed by atoms with Gasteiger partial charge in [0.25, 0.3) is 0 Å². The van der Waals surface area contributed by atoms with Gasteiger partial charge in [0.2, 0.25) is 0 Å². The third-order valence-electron chi connectivity index (χ3n) is 3.87. The summed E-state index contributed by atoms with van der Waals surface area (Å²) in [6, 6.07) is 4.87.